The molecule has 6 heteroatoms. The number of likely N-dealkylation sites (tertiary alicyclic amines) is 1. The fourth-order valence-corrected chi connectivity index (χ4v) is 3.78. The highest BCUT2D eigenvalue weighted by Gasteiger charge is 2.40. The lowest BCUT2D eigenvalue weighted by Gasteiger charge is -2.37. The summed E-state index contributed by atoms with van der Waals surface area (Å²) in [4.78, 5) is 30.8. The summed E-state index contributed by atoms with van der Waals surface area (Å²) >= 11 is 0. The van der Waals surface area contributed by atoms with Gasteiger partial charge in [-0.1, -0.05) is 30.3 Å². The van der Waals surface area contributed by atoms with E-state index in [0.29, 0.717) is 6.67 Å². The first-order valence-electron chi connectivity index (χ1n) is 9.24. The molecular formula is C21H22FN3O2. The SMILES string of the molecule is O=C1CC(c2ccccc2)C(=O)N1CN1CCN(c2ccc(F)cc2)CC1. The van der Waals surface area contributed by atoms with Gasteiger partial charge in [0.1, 0.15) is 5.82 Å². The second-order valence-electron chi connectivity index (χ2n) is 7.05. The molecule has 0 aromatic heterocycles. The molecule has 140 valence electrons. The van der Waals surface area contributed by atoms with E-state index in [4.69, 9.17) is 0 Å². The molecule has 0 bridgehead atoms. The summed E-state index contributed by atoms with van der Waals surface area (Å²) in [6.45, 7) is 3.42. The highest BCUT2D eigenvalue weighted by Crippen LogP contribution is 2.29. The molecule has 2 aliphatic rings. The second-order valence-corrected chi connectivity index (χ2v) is 7.05. The summed E-state index contributed by atoms with van der Waals surface area (Å²) in [7, 11) is 0. The number of piperazine rings is 1. The molecule has 0 aliphatic carbocycles. The maximum Gasteiger partial charge on any atom is 0.238 e. The van der Waals surface area contributed by atoms with E-state index in [1.165, 1.54) is 17.0 Å². The number of rotatable bonds is 4. The van der Waals surface area contributed by atoms with Crippen molar-refractivity contribution in [2.75, 3.05) is 37.7 Å². The number of hydrogen-bond donors (Lipinski definition) is 0. The third-order valence-corrected chi connectivity index (χ3v) is 5.35. The van der Waals surface area contributed by atoms with Crippen LogP contribution in [0, 0.1) is 5.82 Å². The van der Waals surface area contributed by atoms with Crippen molar-refractivity contribution < 1.29 is 14.0 Å². The molecule has 0 radical (unpaired) electrons. The van der Waals surface area contributed by atoms with E-state index in [-0.39, 0.29) is 30.0 Å². The number of imide groups is 1. The summed E-state index contributed by atoms with van der Waals surface area (Å²) in [6, 6.07) is 16.0. The minimum Gasteiger partial charge on any atom is -0.369 e. The molecule has 4 rings (SSSR count). The van der Waals surface area contributed by atoms with Crippen molar-refractivity contribution in [2.45, 2.75) is 12.3 Å². The topological polar surface area (TPSA) is 43.9 Å². The number of carbonyl (C=O) groups excluding carboxylic acids is 2. The first-order valence-corrected chi connectivity index (χ1v) is 9.24. The molecular weight excluding hydrogens is 345 g/mol. The Kier molecular flexibility index (Phi) is 4.90. The minimum absolute atomic E-state index is 0.102. The van der Waals surface area contributed by atoms with Crippen LogP contribution in [0.1, 0.15) is 17.9 Å². The summed E-state index contributed by atoms with van der Waals surface area (Å²) in [5, 5.41) is 0. The zero-order chi connectivity index (χ0) is 18.8. The predicted molar refractivity (Wildman–Crippen MR) is 101 cm³/mol. The van der Waals surface area contributed by atoms with Gasteiger partial charge in [0.2, 0.25) is 11.8 Å². The van der Waals surface area contributed by atoms with Gasteiger partial charge in [0.05, 0.1) is 12.6 Å². The summed E-state index contributed by atoms with van der Waals surface area (Å²) in [6.07, 6.45) is 0.248. The van der Waals surface area contributed by atoms with E-state index in [2.05, 4.69) is 9.80 Å². The second kappa shape index (κ2) is 7.48. The van der Waals surface area contributed by atoms with Gasteiger partial charge in [0.25, 0.3) is 0 Å². The van der Waals surface area contributed by atoms with Crippen molar-refractivity contribution in [2.24, 2.45) is 0 Å². The number of hydrogen-bond acceptors (Lipinski definition) is 4. The summed E-state index contributed by atoms with van der Waals surface area (Å²) in [5.41, 5.74) is 1.90. The number of amides is 2. The monoisotopic (exact) mass is 367 g/mol. The van der Waals surface area contributed by atoms with E-state index in [1.807, 2.05) is 30.3 Å². The van der Waals surface area contributed by atoms with Gasteiger partial charge in [-0.25, -0.2) is 4.39 Å². The van der Waals surface area contributed by atoms with Gasteiger partial charge in [-0.15, -0.1) is 0 Å². The summed E-state index contributed by atoms with van der Waals surface area (Å²) < 4.78 is 13.1. The molecule has 2 aliphatic heterocycles. The third-order valence-electron chi connectivity index (χ3n) is 5.35. The largest absolute Gasteiger partial charge is 0.369 e. The van der Waals surface area contributed by atoms with Crippen molar-refractivity contribution in [3.8, 4) is 0 Å². The number of nitrogens with zero attached hydrogens (tertiary/aromatic N) is 3. The number of carbonyl (C=O) groups is 2. The Bertz CT molecular complexity index is 817. The van der Waals surface area contributed by atoms with Gasteiger partial charge in [-0.2, -0.15) is 0 Å². The van der Waals surface area contributed by atoms with Crippen molar-refractivity contribution in [3.63, 3.8) is 0 Å². The summed E-state index contributed by atoms with van der Waals surface area (Å²) in [5.74, 6) is -0.808. The number of halogens is 1. The molecule has 1 unspecified atom stereocenters. The Labute approximate surface area is 158 Å². The van der Waals surface area contributed by atoms with Gasteiger partial charge in [0.15, 0.2) is 0 Å². The quantitative estimate of drug-likeness (QED) is 0.779. The van der Waals surface area contributed by atoms with Crippen molar-refractivity contribution in [1.29, 1.82) is 0 Å². The normalized spacial score (nSPS) is 21.1. The Morgan fingerprint density at radius 1 is 0.889 bits per heavy atom. The average Bonchev–Trinajstić information content (AvgIpc) is 2.98. The minimum atomic E-state index is -0.362. The molecule has 2 heterocycles. The van der Waals surface area contributed by atoms with Crippen LogP contribution in [0.3, 0.4) is 0 Å². The molecule has 2 saturated heterocycles. The number of anilines is 1. The Morgan fingerprint density at radius 3 is 2.22 bits per heavy atom. The molecule has 2 fully saturated rings. The van der Waals surface area contributed by atoms with Crippen molar-refractivity contribution in [3.05, 3.63) is 66.0 Å². The Hall–Kier alpha value is -2.73. The molecule has 2 aromatic rings. The van der Waals surface area contributed by atoms with E-state index in [9.17, 15) is 14.0 Å². The fourth-order valence-electron chi connectivity index (χ4n) is 3.78. The van der Waals surface area contributed by atoms with Crippen LogP contribution in [0.4, 0.5) is 10.1 Å². The maximum atomic E-state index is 13.1. The first-order chi connectivity index (χ1) is 13.1. The van der Waals surface area contributed by atoms with Crippen molar-refractivity contribution in [1.82, 2.24) is 9.80 Å². The highest BCUT2D eigenvalue weighted by molar-refractivity contribution is 6.06. The van der Waals surface area contributed by atoms with Gasteiger partial charge < -0.3 is 4.90 Å². The van der Waals surface area contributed by atoms with E-state index in [0.717, 1.165) is 37.4 Å². The van der Waals surface area contributed by atoms with Crippen LogP contribution in [0.25, 0.3) is 0 Å². The van der Waals surface area contributed by atoms with Gasteiger partial charge in [-0.3, -0.25) is 19.4 Å². The van der Waals surface area contributed by atoms with Crippen LogP contribution in [-0.2, 0) is 9.59 Å². The molecule has 0 spiro atoms. The van der Waals surface area contributed by atoms with Crippen LogP contribution >= 0.6 is 0 Å². The van der Waals surface area contributed by atoms with Crippen LogP contribution in [0.5, 0.6) is 0 Å². The lowest BCUT2D eigenvalue weighted by molar-refractivity contribution is -0.141. The average molecular weight is 367 g/mol. The lowest BCUT2D eigenvalue weighted by atomic mass is 9.98. The van der Waals surface area contributed by atoms with Gasteiger partial charge in [-0.05, 0) is 29.8 Å². The highest BCUT2D eigenvalue weighted by atomic mass is 19.1. The maximum absolute atomic E-state index is 13.1. The lowest BCUT2D eigenvalue weighted by Crippen LogP contribution is -2.51. The third kappa shape index (κ3) is 3.71. The molecule has 27 heavy (non-hydrogen) atoms. The molecule has 5 nitrogen and oxygen atoms in total. The van der Waals surface area contributed by atoms with Gasteiger partial charge in [0, 0.05) is 38.3 Å². The smallest absolute Gasteiger partial charge is 0.238 e. The van der Waals surface area contributed by atoms with Gasteiger partial charge >= 0.3 is 0 Å². The standard InChI is InChI=1S/C21H22FN3O2/c22-17-6-8-18(9-7-17)24-12-10-23(11-13-24)15-25-20(26)14-19(21(25)27)16-4-2-1-3-5-16/h1-9,19H,10-15H2. The van der Waals surface area contributed by atoms with E-state index >= 15 is 0 Å². The van der Waals surface area contributed by atoms with E-state index in [1.54, 1.807) is 12.1 Å². The first kappa shape index (κ1) is 17.7. The molecule has 0 N–H and O–H groups in total. The molecule has 1 atom stereocenters. The molecule has 2 amide bonds. The van der Waals surface area contributed by atoms with Crippen LogP contribution in [-0.4, -0.2) is 54.5 Å². The molecule has 0 saturated carbocycles. The number of benzene rings is 2. The Morgan fingerprint density at radius 2 is 1.56 bits per heavy atom. The zero-order valence-electron chi connectivity index (χ0n) is 15.1. The zero-order valence-corrected chi connectivity index (χ0v) is 15.1. The van der Waals surface area contributed by atoms with Crippen LogP contribution in [0.2, 0.25) is 0 Å². The van der Waals surface area contributed by atoms with Crippen molar-refractivity contribution >= 4 is 17.5 Å². The predicted octanol–water partition coefficient (Wildman–Crippen LogP) is 2.45. The van der Waals surface area contributed by atoms with E-state index < -0.39 is 0 Å². The fraction of sp³-hybridized carbons (Fsp3) is 0.333. The van der Waals surface area contributed by atoms with Crippen LogP contribution < -0.4 is 4.90 Å². The molecule has 2 aromatic carbocycles. The Balaban J connectivity index is 1.35. The van der Waals surface area contributed by atoms with Crippen LogP contribution in [0.15, 0.2) is 54.6 Å².